The normalized spacial score (nSPS) is 9.90. The van der Waals surface area contributed by atoms with Crippen LogP contribution in [-0.2, 0) is 0 Å². The average Bonchev–Trinajstić information content (AvgIpc) is 1.93. The highest BCUT2D eigenvalue weighted by Gasteiger charge is 2.05. The van der Waals surface area contributed by atoms with Gasteiger partial charge in [-0.2, -0.15) is 0 Å². The van der Waals surface area contributed by atoms with Crippen LogP contribution >= 0.6 is 43.5 Å². The standard InChI is InChI=1S/C5H3Br2ClN2/c6-3-2(9)1-10-5(8)4(3)7/h1H,9H2. The Morgan fingerprint density at radius 3 is 2.50 bits per heavy atom. The summed E-state index contributed by atoms with van der Waals surface area (Å²) < 4.78 is 1.43. The molecule has 0 aliphatic carbocycles. The lowest BCUT2D eigenvalue weighted by Crippen LogP contribution is -1.89. The first kappa shape index (κ1) is 8.30. The first-order valence-electron chi connectivity index (χ1n) is 2.38. The maximum absolute atomic E-state index is 5.64. The molecule has 0 aliphatic rings. The fourth-order valence-corrected chi connectivity index (χ4v) is 1.34. The summed E-state index contributed by atoms with van der Waals surface area (Å²) in [5.74, 6) is 0. The molecule has 2 nitrogen and oxygen atoms in total. The summed E-state index contributed by atoms with van der Waals surface area (Å²) in [5, 5.41) is 0.404. The summed E-state index contributed by atoms with van der Waals surface area (Å²) in [6, 6.07) is 0. The lowest BCUT2D eigenvalue weighted by atomic mass is 10.4. The molecule has 0 aliphatic heterocycles. The first-order valence-corrected chi connectivity index (χ1v) is 4.34. The van der Waals surface area contributed by atoms with Crippen LogP contribution in [0.15, 0.2) is 15.1 Å². The van der Waals surface area contributed by atoms with Crippen LogP contribution in [0.4, 0.5) is 5.69 Å². The molecule has 0 radical (unpaired) electrons. The van der Waals surface area contributed by atoms with Crippen LogP contribution in [0.25, 0.3) is 0 Å². The van der Waals surface area contributed by atoms with Gasteiger partial charge < -0.3 is 5.73 Å². The van der Waals surface area contributed by atoms with Crippen LogP contribution in [-0.4, -0.2) is 4.98 Å². The van der Waals surface area contributed by atoms with Gasteiger partial charge in [0.05, 0.1) is 20.8 Å². The minimum absolute atomic E-state index is 0.404. The van der Waals surface area contributed by atoms with Crippen molar-refractivity contribution in [2.75, 3.05) is 5.73 Å². The van der Waals surface area contributed by atoms with Crippen molar-refractivity contribution in [2.24, 2.45) is 0 Å². The first-order chi connectivity index (χ1) is 4.63. The van der Waals surface area contributed by atoms with Gasteiger partial charge in [-0.15, -0.1) is 0 Å². The van der Waals surface area contributed by atoms with E-state index in [1.54, 1.807) is 0 Å². The van der Waals surface area contributed by atoms with Crippen molar-refractivity contribution in [3.63, 3.8) is 0 Å². The van der Waals surface area contributed by atoms with E-state index < -0.39 is 0 Å². The van der Waals surface area contributed by atoms with Crippen LogP contribution in [0.3, 0.4) is 0 Å². The van der Waals surface area contributed by atoms with Gasteiger partial charge in [-0.3, -0.25) is 0 Å². The third-order valence-corrected chi connectivity index (χ3v) is 3.62. The number of rotatable bonds is 0. The maximum Gasteiger partial charge on any atom is 0.144 e. The second-order valence-electron chi connectivity index (χ2n) is 1.63. The molecule has 54 valence electrons. The number of anilines is 1. The smallest absolute Gasteiger partial charge is 0.144 e. The maximum atomic E-state index is 5.64. The Kier molecular flexibility index (Phi) is 2.55. The second-order valence-corrected chi connectivity index (χ2v) is 3.58. The molecule has 0 aromatic carbocycles. The zero-order chi connectivity index (χ0) is 7.72. The number of nitrogens with two attached hydrogens (primary N) is 1. The molecule has 1 aromatic heterocycles. The second kappa shape index (κ2) is 3.07. The van der Waals surface area contributed by atoms with Crippen LogP contribution in [0.1, 0.15) is 0 Å². The van der Waals surface area contributed by atoms with Gasteiger partial charge in [-0.05, 0) is 31.9 Å². The summed E-state index contributed by atoms with van der Waals surface area (Å²) in [6.07, 6.45) is 1.50. The Balaban J connectivity index is 3.34. The molecule has 0 fully saturated rings. The van der Waals surface area contributed by atoms with Gasteiger partial charge in [0.25, 0.3) is 0 Å². The van der Waals surface area contributed by atoms with Gasteiger partial charge >= 0.3 is 0 Å². The van der Waals surface area contributed by atoms with Crippen LogP contribution in [0.2, 0.25) is 5.15 Å². The van der Waals surface area contributed by atoms with E-state index in [0.717, 1.165) is 4.47 Å². The predicted octanol–water partition coefficient (Wildman–Crippen LogP) is 2.84. The molecule has 1 aromatic rings. The van der Waals surface area contributed by atoms with E-state index in [1.807, 2.05) is 0 Å². The molecular weight excluding hydrogens is 283 g/mol. The molecule has 2 N–H and O–H groups in total. The fourth-order valence-electron chi connectivity index (χ4n) is 0.457. The number of nitrogen functional groups attached to an aromatic ring is 1. The molecular formula is C5H3Br2ClN2. The minimum Gasteiger partial charge on any atom is -0.397 e. The number of nitrogens with zero attached hydrogens (tertiary/aromatic N) is 1. The quantitative estimate of drug-likeness (QED) is 0.745. The van der Waals surface area contributed by atoms with E-state index in [2.05, 4.69) is 36.8 Å². The Morgan fingerprint density at radius 2 is 2.00 bits per heavy atom. The molecule has 0 saturated heterocycles. The molecule has 0 bridgehead atoms. The summed E-state index contributed by atoms with van der Waals surface area (Å²) in [6.45, 7) is 0. The van der Waals surface area contributed by atoms with E-state index in [-0.39, 0.29) is 0 Å². The number of pyridine rings is 1. The van der Waals surface area contributed by atoms with Crippen molar-refractivity contribution in [1.82, 2.24) is 4.98 Å². The third-order valence-electron chi connectivity index (χ3n) is 0.944. The van der Waals surface area contributed by atoms with Crippen molar-refractivity contribution < 1.29 is 0 Å². The van der Waals surface area contributed by atoms with Crippen molar-refractivity contribution in [3.05, 3.63) is 20.3 Å². The number of aromatic nitrogens is 1. The van der Waals surface area contributed by atoms with Gasteiger partial charge in [0.2, 0.25) is 0 Å². The minimum atomic E-state index is 0.404. The summed E-state index contributed by atoms with van der Waals surface area (Å²) in [7, 11) is 0. The van der Waals surface area contributed by atoms with Gasteiger partial charge in [-0.1, -0.05) is 11.6 Å². The molecule has 5 heteroatoms. The SMILES string of the molecule is Nc1cnc(Cl)c(Br)c1Br. The Labute approximate surface area is 80.0 Å². The molecule has 1 rings (SSSR count). The summed E-state index contributed by atoms with van der Waals surface area (Å²) >= 11 is 12.1. The van der Waals surface area contributed by atoms with Gasteiger partial charge in [-0.25, -0.2) is 4.98 Å². The van der Waals surface area contributed by atoms with Gasteiger partial charge in [0.15, 0.2) is 0 Å². The van der Waals surface area contributed by atoms with Gasteiger partial charge in [0, 0.05) is 0 Å². The highest BCUT2D eigenvalue weighted by molar-refractivity contribution is 9.13. The van der Waals surface area contributed by atoms with E-state index in [1.165, 1.54) is 6.20 Å². The summed E-state index contributed by atoms with van der Waals surface area (Å²) in [4.78, 5) is 3.80. The van der Waals surface area contributed by atoms with Crippen LogP contribution in [0, 0.1) is 0 Å². The highest BCUT2D eigenvalue weighted by Crippen LogP contribution is 2.32. The van der Waals surface area contributed by atoms with E-state index in [9.17, 15) is 0 Å². The molecule has 0 unspecified atom stereocenters. The fraction of sp³-hybridized carbons (Fsp3) is 0. The lowest BCUT2D eigenvalue weighted by Gasteiger charge is -2.00. The van der Waals surface area contributed by atoms with Crippen molar-refractivity contribution >= 4 is 49.1 Å². The third kappa shape index (κ3) is 1.44. The average molecular weight is 286 g/mol. The largest absolute Gasteiger partial charge is 0.397 e. The zero-order valence-electron chi connectivity index (χ0n) is 4.74. The van der Waals surface area contributed by atoms with Gasteiger partial charge in [0.1, 0.15) is 5.15 Å². The molecule has 0 amide bonds. The van der Waals surface area contributed by atoms with Crippen molar-refractivity contribution in [3.8, 4) is 0 Å². The zero-order valence-corrected chi connectivity index (χ0v) is 8.66. The van der Waals surface area contributed by atoms with E-state index >= 15 is 0 Å². The van der Waals surface area contributed by atoms with Crippen LogP contribution < -0.4 is 5.73 Å². The summed E-state index contributed by atoms with van der Waals surface area (Å²) in [5.41, 5.74) is 6.06. The predicted molar refractivity (Wildman–Crippen MR) is 49.1 cm³/mol. The molecule has 0 spiro atoms. The van der Waals surface area contributed by atoms with Crippen LogP contribution in [0.5, 0.6) is 0 Å². The topological polar surface area (TPSA) is 38.9 Å². The molecule has 0 saturated carbocycles. The monoisotopic (exact) mass is 284 g/mol. The highest BCUT2D eigenvalue weighted by atomic mass is 79.9. The Bertz CT molecular complexity index is 237. The molecule has 10 heavy (non-hydrogen) atoms. The molecule has 0 atom stereocenters. The molecule has 1 heterocycles. The Morgan fingerprint density at radius 1 is 1.40 bits per heavy atom. The number of halogens is 3. The van der Waals surface area contributed by atoms with E-state index in [0.29, 0.717) is 15.3 Å². The van der Waals surface area contributed by atoms with Crippen molar-refractivity contribution in [2.45, 2.75) is 0 Å². The van der Waals surface area contributed by atoms with E-state index in [4.69, 9.17) is 17.3 Å². The Hall–Kier alpha value is 0.200. The lowest BCUT2D eigenvalue weighted by molar-refractivity contribution is 1.30. The number of hydrogen-bond donors (Lipinski definition) is 1. The van der Waals surface area contributed by atoms with Crippen molar-refractivity contribution in [1.29, 1.82) is 0 Å². The number of hydrogen-bond acceptors (Lipinski definition) is 2.